The van der Waals surface area contributed by atoms with E-state index in [1.807, 2.05) is 36.4 Å². The number of pyridine rings is 1. The molecular weight excluding hydrogens is 384 g/mol. The molecule has 3 rings (SSSR count). The molecule has 0 radical (unpaired) electrons. The molecule has 1 aromatic heterocycles. The number of amides is 2. The summed E-state index contributed by atoms with van der Waals surface area (Å²) in [7, 11) is 0. The number of hydrogen-bond donors (Lipinski definition) is 1. The molecule has 2 heterocycles. The van der Waals surface area contributed by atoms with Gasteiger partial charge in [-0.15, -0.1) is 11.8 Å². The van der Waals surface area contributed by atoms with E-state index in [2.05, 4.69) is 29.0 Å². The normalized spacial score (nSPS) is 13.0. The Morgan fingerprint density at radius 3 is 2.66 bits per heavy atom. The molecule has 0 aliphatic carbocycles. The lowest BCUT2D eigenvalue weighted by Crippen LogP contribution is -2.36. The highest BCUT2D eigenvalue weighted by molar-refractivity contribution is 7.99. The van der Waals surface area contributed by atoms with Crippen LogP contribution in [0.3, 0.4) is 0 Å². The third-order valence-electron chi connectivity index (χ3n) is 4.98. The zero-order valence-corrected chi connectivity index (χ0v) is 17.9. The molecule has 6 nitrogen and oxygen atoms in total. The summed E-state index contributed by atoms with van der Waals surface area (Å²) in [5.41, 5.74) is 1.90. The Balaban J connectivity index is 1.46. The van der Waals surface area contributed by atoms with Crippen molar-refractivity contribution in [3.8, 4) is 0 Å². The predicted octanol–water partition coefficient (Wildman–Crippen LogP) is 3.46. The minimum Gasteiger partial charge on any atom is -0.357 e. The Morgan fingerprint density at radius 2 is 1.93 bits per heavy atom. The fraction of sp³-hybridized carbons (Fsp3) is 0.409. The Kier molecular flexibility index (Phi) is 7.52. The van der Waals surface area contributed by atoms with E-state index in [0.29, 0.717) is 13.1 Å². The molecule has 7 heteroatoms. The second kappa shape index (κ2) is 10.3. The largest absolute Gasteiger partial charge is 0.357 e. The fourth-order valence-electron chi connectivity index (χ4n) is 3.33. The highest BCUT2D eigenvalue weighted by Gasteiger charge is 2.22. The van der Waals surface area contributed by atoms with Gasteiger partial charge < -0.3 is 15.1 Å². The molecule has 29 heavy (non-hydrogen) atoms. The average Bonchev–Trinajstić information content (AvgIpc) is 2.77. The van der Waals surface area contributed by atoms with E-state index >= 15 is 0 Å². The van der Waals surface area contributed by atoms with Gasteiger partial charge in [0, 0.05) is 55.9 Å². The molecule has 1 aliphatic rings. The first kappa shape index (κ1) is 21.2. The van der Waals surface area contributed by atoms with Gasteiger partial charge in [0.05, 0.1) is 5.69 Å². The van der Waals surface area contributed by atoms with E-state index in [0.717, 1.165) is 40.8 Å². The van der Waals surface area contributed by atoms with E-state index in [1.54, 1.807) is 22.9 Å². The predicted molar refractivity (Wildman–Crippen MR) is 118 cm³/mol. The second-order valence-electron chi connectivity index (χ2n) is 6.84. The topological polar surface area (TPSA) is 65.5 Å². The molecule has 1 aliphatic heterocycles. The van der Waals surface area contributed by atoms with E-state index in [9.17, 15) is 9.59 Å². The number of nitrogens with one attached hydrogen (secondary N) is 1. The van der Waals surface area contributed by atoms with Crippen molar-refractivity contribution in [3.05, 3.63) is 48.2 Å². The summed E-state index contributed by atoms with van der Waals surface area (Å²) >= 11 is 1.76. The third kappa shape index (κ3) is 5.50. The van der Waals surface area contributed by atoms with Crippen LogP contribution in [0.1, 0.15) is 32.3 Å². The van der Waals surface area contributed by atoms with Crippen LogP contribution >= 0.6 is 11.8 Å². The second-order valence-corrected chi connectivity index (χ2v) is 7.97. The van der Waals surface area contributed by atoms with Gasteiger partial charge in [-0.2, -0.15) is 0 Å². The summed E-state index contributed by atoms with van der Waals surface area (Å²) in [6.07, 6.45) is 2.20. The Morgan fingerprint density at radius 1 is 1.14 bits per heavy atom. The van der Waals surface area contributed by atoms with Crippen molar-refractivity contribution in [2.45, 2.75) is 38.1 Å². The number of para-hydroxylation sites is 1. The van der Waals surface area contributed by atoms with Crippen molar-refractivity contribution in [1.29, 1.82) is 0 Å². The number of hydrogen-bond acceptors (Lipinski definition) is 5. The van der Waals surface area contributed by atoms with Gasteiger partial charge in [-0.05, 0) is 37.6 Å². The van der Waals surface area contributed by atoms with Crippen molar-refractivity contribution >= 4 is 35.1 Å². The summed E-state index contributed by atoms with van der Waals surface area (Å²) in [6, 6.07) is 11.9. The van der Waals surface area contributed by atoms with Crippen LogP contribution in [-0.4, -0.2) is 42.2 Å². The van der Waals surface area contributed by atoms with Crippen LogP contribution in [0.5, 0.6) is 0 Å². The molecule has 1 N–H and O–H groups in total. The zero-order chi connectivity index (χ0) is 20.6. The van der Waals surface area contributed by atoms with Gasteiger partial charge >= 0.3 is 0 Å². The standard InChI is InChI=1S/C22H28N4O2S/c1-3-25(4-2)20-10-9-17(15-23-20)16-24-21(27)11-12-22(28)26-13-14-29-19-8-6-5-7-18(19)26/h5-10,15H,3-4,11-14,16H2,1-2H3,(H,24,27). The lowest BCUT2D eigenvalue weighted by Gasteiger charge is -2.29. The van der Waals surface area contributed by atoms with Crippen molar-refractivity contribution in [2.75, 3.05) is 35.2 Å². The molecule has 2 aromatic rings. The smallest absolute Gasteiger partial charge is 0.227 e. The van der Waals surface area contributed by atoms with Crippen LogP contribution in [-0.2, 0) is 16.1 Å². The van der Waals surface area contributed by atoms with Gasteiger partial charge in [0.25, 0.3) is 0 Å². The lowest BCUT2D eigenvalue weighted by atomic mass is 10.2. The third-order valence-corrected chi connectivity index (χ3v) is 6.02. The summed E-state index contributed by atoms with van der Waals surface area (Å²) in [5, 5.41) is 2.89. The number of fused-ring (bicyclic) bond motifs is 1. The van der Waals surface area contributed by atoms with Crippen LogP contribution in [0.15, 0.2) is 47.5 Å². The minimum absolute atomic E-state index is 0.00172. The zero-order valence-electron chi connectivity index (χ0n) is 17.1. The van der Waals surface area contributed by atoms with E-state index in [-0.39, 0.29) is 24.7 Å². The molecule has 154 valence electrons. The SMILES string of the molecule is CCN(CC)c1ccc(CNC(=O)CCC(=O)N2CCSc3ccccc32)cn1. The van der Waals surface area contributed by atoms with Gasteiger partial charge in [0.2, 0.25) is 11.8 Å². The molecule has 0 saturated carbocycles. The quantitative estimate of drug-likeness (QED) is 0.719. The van der Waals surface area contributed by atoms with Crippen LogP contribution < -0.4 is 15.1 Å². The Bertz CT molecular complexity index is 837. The Hall–Kier alpha value is -2.54. The number of carbonyl (C=O) groups is 2. The van der Waals surface area contributed by atoms with Gasteiger partial charge in [0.1, 0.15) is 5.82 Å². The van der Waals surface area contributed by atoms with Crippen LogP contribution in [0.4, 0.5) is 11.5 Å². The number of anilines is 2. The molecular formula is C22H28N4O2S. The number of aromatic nitrogens is 1. The van der Waals surface area contributed by atoms with Crippen LogP contribution in [0.25, 0.3) is 0 Å². The summed E-state index contributed by atoms with van der Waals surface area (Å²) < 4.78 is 0. The lowest BCUT2D eigenvalue weighted by molar-refractivity contribution is -0.125. The fourth-order valence-corrected chi connectivity index (χ4v) is 4.32. The molecule has 0 fully saturated rings. The Labute approximate surface area is 176 Å². The maximum absolute atomic E-state index is 12.6. The molecule has 0 bridgehead atoms. The van der Waals surface area contributed by atoms with Gasteiger partial charge in [-0.25, -0.2) is 4.98 Å². The number of rotatable bonds is 8. The summed E-state index contributed by atoms with van der Waals surface area (Å²) in [4.78, 5) is 34.4. The number of carbonyl (C=O) groups excluding carboxylic acids is 2. The summed E-state index contributed by atoms with van der Waals surface area (Å²) in [6.45, 7) is 7.12. The molecule has 0 unspecified atom stereocenters. The first-order valence-electron chi connectivity index (χ1n) is 10.1. The van der Waals surface area contributed by atoms with Gasteiger partial charge in [0.15, 0.2) is 0 Å². The van der Waals surface area contributed by atoms with Crippen molar-refractivity contribution in [3.63, 3.8) is 0 Å². The molecule has 0 spiro atoms. The van der Waals surface area contributed by atoms with Crippen LogP contribution in [0.2, 0.25) is 0 Å². The first-order chi connectivity index (χ1) is 14.1. The van der Waals surface area contributed by atoms with Gasteiger partial charge in [-0.3, -0.25) is 9.59 Å². The molecule has 2 amide bonds. The average molecular weight is 413 g/mol. The van der Waals surface area contributed by atoms with E-state index < -0.39 is 0 Å². The minimum atomic E-state index is -0.120. The first-order valence-corrected chi connectivity index (χ1v) is 11.1. The van der Waals surface area contributed by atoms with Crippen molar-refractivity contribution in [1.82, 2.24) is 10.3 Å². The monoisotopic (exact) mass is 412 g/mol. The maximum atomic E-state index is 12.6. The van der Waals surface area contributed by atoms with E-state index in [4.69, 9.17) is 0 Å². The van der Waals surface area contributed by atoms with Gasteiger partial charge in [-0.1, -0.05) is 18.2 Å². The maximum Gasteiger partial charge on any atom is 0.227 e. The highest BCUT2D eigenvalue weighted by Crippen LogP contribution is 2.34. The van der Waals surface area contributed by atoms with Crippen molar-refractivity contribution < 1.29 is 9.59 Å². The highest BCUT2D eigenvalue weighted by atomic mass is 32.2. The summed E-state index contributed by atoms with van der Waals surface area (Å²) in [5.74, 6) is 1.70. The van der Waals surface area contributed by atoms with E-state index in [1.165, 1.54) is 0 Å². The number of nitrogens with zero attached hydrogens (tertiary/aromatic N) is 3. The number of thioether (sulfide) groups is 1. The van der Waals surface area contributed by atoms with Crippen molar-refractivity contribution in [2.24, 2.45) is 0 Å². The van der Waals surface area contributed by atoms with Crippen LogP contribution in [0, 0.1) is 0 Å². The molecule has 0 atom stereocenters. The molecule has 0 saturated heterocycles. The number of benzene rings is 1. The molecule has 1 aromatic carbocycles.